The van der Waals surface area contributed by atoms with Gasteiger partial charge in [-0.3, -0.25) is 13.9 Å². The molecule has 0 spiro atoms. The molecule has 0 aliphatic heterocycles. The summed E-state index contributed by atoms with van der Waals surface area (Å²) in [5.41, 5.74) is -1.17. The largest absolute Gasteiger partial charge is 0.511 e. The summed E-state index contributed by atoms with van der Waals surface area (Å²) in [6, 6.07) is 0. The van der Waals surface area contributed by atoms with E-state index in [1.807, 2.05) is 6.92 Å². The van der Waals surface area contributed by atoms with Crippen LogP contribution in [0.3, 0.4) is 0 Å². The zero-order valence-corrected chi connectivity index (χ0v) is 13.5. The third kappa shape index (κ3) is 5.65. The zero-order chi connectivity index (χ0) is 17.6. The lowest BCUT2D eigenvalue weighted by Crippen LogP contribution is -2.31. The van der Waals surface area contributed by atoms with E-state index in [1.54, 1.807) is 13.8 Å². The van der Waals surface area contributed by atoms with Gasteiger partial charge in [0.05, 0.1) is 0 Å². The van der Waals surface area contributed by atoms with Gasteiger partial charge in [0.15, 0.2) is 6.26 Å². The molecule has 0 saturated heterocycles. The van der Waals surface area contributed by atoms with Crippen molar-refractivity contribution in [3.8, 4) is 0 Å². The predicted octanol–water partition coefficient (Wildman–Crippen LogP) is 3.23. The summed E-state index contributed by atoms with van der Waals surface area (Å²) in [5.74, 6) is -1.99. The first-order valence-electron chi connectivity index (χ1n) is 7.04. The van der Waals surface area contributed by atoms with Crippen LogP contribution in [0.5, 0.6) is 0 Å². The lowest BCUT2D eigenvalue weighted by Gasteiger charge is -2.24. The molecule has 0 radical (unpaired) electrons. The Labute approximate surface area is 133 Å². The van der Waals surface area contributed by atoms with Crippen molar-refractivity contribution in [1.29, 1.82) is 0 Å². The number of ether oxygens (including phenoxy) is 3. The smallest absolute Gasteiger partial charge is 0.428 e. The highest BCUT2D eigenvalue weighted by Gasteiger charge is 2.28. The zero-order valence-electron chi connectivity index (χ0n) is 13.5. The van der Waals surface area contributed by atoms with Crippen molar-refractivity contribution in [2.24, 2.45) is 0 Å². The summed E-state index contributed by atoms with van der Waals surface area (Å²) in [6.07, 6.45) is 0.282. The Morgan fingerprint density at radius 1 is 1.30 bits per heavy atom. The van der Waals surface area contributed by atoms with Crippen molar-refractivity contribution in [3.05, 3.63) is 24.2 Å². The molecule has 1 aromatic rings. The van der Waals surface area contributed by atoms with E-state index in [2.05, 4.69) is 15.7 Å². The van der Waals surface area contributed by atoms with Gasteiger partial charge in [-0.05, 0) is 20.3 Å². The molecule has 0 saturated carbocycles. The minimum atomic E-state index is -1.25. The first kappa shape index (κ1) is 18.5. The van der Waals surface area contributed by atoms with Gasteiger partial charge >= 0.3 is 12.1 Å². The summed E-state index contributed by atoms with van der Waals surface area (Å²) < 4.78 is 23.3. The summed E-state index contributed by atoms with van der Waals surface area (Å²) in [4.78, 5) is 35.0. The van der Waals surface area contributed by atoms with Crippen LogP contribution >= 0.6 is 0 Å². The first-order valence-corrected chi connectivity index (χ1v) is 7.04. The molecular weight excluding hydrogens is 308 g/mol. The fourth-order valence-corrected chi connectivity index (χ4v) is 1.71. The van der Waals surface area contributed by atoms with E-state index < -0.39 is 35.4 Å². The average Bonchev–Trinajstić information content (AvgIpc) is 2.33. The van der Waals surface area contributed by atoms with E-state index in [-0.39, 0.29) is 5.76 Å². The molecule has 0 N–H and O–H groups in total. The number of carbonyl (C=O) groups excluding carboxylic acids is 3. The van der Waals surface area contributed by atoms with Crippen LogP contribution in [0.1, 0.15) is 51.1 Å². The van der Waals surface area contributed by atoms with Gasteiger partial charge < -0.3 is 14.2 Å². The molecule has 0 amide bonds. The topological polar surface area (TPSA) is 105 Å². The Hall–Kier alpha value is -2.51. The van der Waals surface area contributed by atoms with Crippen LogP contribution in [0.25, 0.3) is 0 Å². The van der Waals surface area contributed by atoms with Crippen molar-refractivity contribution < 1.29 is 37.7 Å². The van der Waals surface area contributed by atoms with Crippen LogP contribution in [0, 0.1) is 0 Å². The number of ketones is 1. The molecule has 8 heteroatoms. The van der Waals surface area contributed by atoms with Crippen LogP contribution in [0.4, 0.5) is 4.79 Å². The second-order valence-electron chi connectivity index (χ2n) is 5.42. The van der Waals surface area contributed by atoms with E-state index in [4.69, 9.17) is 14.2 Å². The fourth-order valence-electron chi connectivity index (χ4n) is 1.71. The third-order valence-electron chi connectivity index (χ3n) is 2.78. The van der Waals surface area contributed by atoms with Crippen molar-refractivity contribution in [3.63, 3.8) is 0 Å². The maximum Gasteiger partial charge on any atom is 0.511 e. The molecule has 1 aromatic heterocycles. The number of carbonyl (C=O) groups is 3. The third-order valence-corrected chi connectivity index (χ3v) is 2.78. The van der Waals surface area contributed by atoms with Gasteiger partial charge in [-0.15, -0.1) is 0 Å². The Bertz CT molecular complexity index is 568. The maximum atomic E-state index is 11.7. The molecule has 0 fully saturated rings. The Morgan fingerprint density at radius 2 is 1.91 bits per heavy atom. The molecule has 0 aliphatic rings. The van der Waals surface area contributed by atoms with Gasteiger partial charge in [-0.25, -0.2) is 9.59 Å². The van der Waals surface area contributed by atoms with E-state index in [0.717, 1.165) is 12.7 Å². The molecule has 1 unspecified atom stereocenters. The van der Waals surface area contributed by atoms with Crippen molar-refractivity contribution in [2.45, 2.75) is 52.4 Å². The van der Waals surface area contributed by atoms with E-state index in [1.165, 1.54) is 6.92 Å². The molecule has 1 rings (SSSR count). The highest BCUT2D eigenvalue weighted by Crippen LogP contribution is 2.18. The fraction of sp³-hybridized carbons (Fsp3) is 0.533. The van der Waals surface area contributed by atoms with E-state index >= 15 is 0 Å². The summed E-state index contributed by atoms with van der Waals surface area (Å²) in [7, 11) is 0. The highest BCUT2D eigenvalue weighted by molar-refractivity contribution is 6.22. The van der Waals surface area contributed by atoms with Gasteiger partial charge in [0.25, 0.3) is 5.76 Å². The van der Waals surface area contributed by atoms with Gasteiger partial charge in [0.2, 0.25) is 12.1 Å². The second kappa shape index (κ2) is 7.66. The SMILES string of the molecule is C=C(C(=O)OC(C)OC(=O)OC(C)(C)CCC)C(=O)c1coo1. The van der Waals surface area contributed by atoms with Gasteiger partial charge in [-0.1, -0.05) is 19.9 Å². The van der Waals surface area contributed by atoms with Crippen LogP contribution in [0.2, 0.25) is 0 Å². The number of hydrogen-bond donors (Lipinski definition) is 0. The average molecular weight is 328 g/mol. The quantitative estimate of drug-likeness (QED) is 0.136. The second-order valence-corrected chi connectivity index (χ2v) is 5.42. The lowest BCUT2D eigenvalue weighted by molar-refractivity contribution is -0.165. The van der Waals surface area contributed by atoms with Crippen LogP contribution in [0.15, 0.2) is 27.6 Å². The summed E-state index contributed by atoms with van der Waals surface area (Å²) >= 11 is 0. The Balaban J connectivity index is 2.45. The standard InChI is InChI=1S/C15H20O8/c1-6-7-15(4,5)22-14(18)21-10(3)20-13(17)9(2)12(16)11-8-19-23-11/h8,10H,2,6-7H2,1,3-5H3. The van der Waals surface area contributed by atoms with Crippen LogP contribution < -0.4 is 0 Å². The molecular formula is C15H20O8. The van der Waals surface area contributed by atoms with Crippen molar-refractivity contribution in [2.75, 3.05) is 0 Å². The van der Waals surface area contributed by atoms with Gasteiger partial charge in [-0.2, -0.15) is 0 Å². The lowest BCUT2D eigenvalue weighted by atomic mass is 10.0. The number of hydrogen-bond acceptors (Lipinski definition) is 8. The summed E-state index contributed by atoms with van der Waals surface area (Å²) in [6.45, 7) is 10.0. The maximum absolute atomic E-state index is 11.7. The molecule has 0 aliphatic carbocycles. The van der Waals surface area contributed by atoms with Crippen LogP contribution in [-0.2, 0) is 19.0 Å². The molecule has 1 heterocycles. The normalized spacial score (nSPS) is 12.3. The van der Waals surface area contributed by atoms with E-state index in [9.17, 15) is 14.4 Å². The van der Waals surface area contributed by atoms with Crippen LogP contribution in [-0.4, -0.2) is 29.8 Å². The molecule has 0 bridgehead atoms. The van der Waals surface area contributed by atoms with Gasteiger partial charge in [0.1, 0.15) is 11.2 Å². The highest BCUT2D eigenvalue weighted by atomic mass is 17.0. The van der Waals surface area contributed by atoms with Gasteiger partial charge in [0, 0.05) is 6.92 Å². The summed E-state index contributed by atoms with van der Waals surface area (Å²) in [5, 5.41) is 0. The minimum Gasteiger partial charge on any atom is -0.428 e. The predicted molar refractivity (Wildman–Crippen MR) is 76.6 cm³/mol. The molecule has 0 aromatic carbocycles. The van der Waals surface area contributed by atoms with Crippen molar-refractivity contribution in [1.82, 2.24) is 0 Å². The number of rotatable bonds is 8. The molecule has 23 heavy (non-hydrogen) atoms. The molecule has 128 valence electrons. The Morgan fingerprint density at radius 3 is 2.39 bits per heavy atom. The molecule has 8 nitrogen and oxygen atoms in total. The number of Topliss-reactive ketones (excluding diaryl/α,β-unsaturated/α-hetero) is 1. The number of esters is 1. The monoisotopic (exact) mass is 328 g/mol. The Kier molecular flexibility index (Phi) is 6.18. The minimum absolute atomic E-state index is 0.166. The van der Waals surface area contributed by atoms with E-state index in [0.29, 0.717) is 6.42 Å². The molecule has 1 atom stereocenters. The van der Waals surface area contributed by atoms with Crippen molar-refractivity contribution >= 4 is 17.9 Å². The first-order chi connectivity index (χ1) is 10.7.